The molecule has 0 saturated heterocycles. The molecular formula is C24H28ClN3O2. The molecule has 0 radical (unpaired) electrons. The van der Waals surface area contributed by atoms with E-state index < -0.39 is 5.41 Å². The number of methoxy groups -OCH3 is 1. The van der Waals surface area contributed by atoms with Gasteiger partial charge in [0.2, 0.25) is 0 Å². The third-order valence-electron chi connectivity index (χ3n) is 6.43. The van der Waals surface area contributed by atoms with Crippen molar-refractivity contribution in [1.82, 2.24) is 15.0 Å². The molecule has 30 heavy (non-hydrogen) atoms. The number of rotatable bonds is 6. The van der Waals surface area contributed by atoms with Crippen molar-refractivity contribution in [3.63, 3.8) is 0 Å². The molecule has 4 rings (SSSR count). The standard InChI is InChI=1S/C24H28ClN3O2/c1-14-6-7-16(12-17(14)13-25)21(24(3,4)23(29)30-5)19-10-11-20-22(15(19)2)26-27-28(20)18-8-9-18/h6-7,10-12,18,21H,8-9,13H2,1-5H3. The van der Waals surface area contributed by atoms with E-state index in [1.807, 2.05) is 18.5 Å². The van der Waals surface area contributed by atoms with Gasteiger partial charge in [0.15, 0.2) is 0 Å². The van der Waals surface area contributed by atoms with E-state index in [1.54, 1.807) is 0 Å². The van der Waals surface area contributed by atoms with Crippen LogP contribution in [-0.4, -0.2) is 28.1 Å². The van der Waals surface area contributed by atoms with Gasteiger partial charge in [0.05, 0.1) is 24.1 Å². The zero-order chi connectivity index (χ0) is 21.6. The van der Waals surface area contributed by atoms with Crippen LogP contribution in [-0.2, 0) is 15.4 Å². The van der Waals surface area contributed by atoms with Crippen LogP contribution < -0.4 is 0 Å². The topological polar surface area (TPSA) is 57.0 Å². The number of aromatic nitrogens is 3. The maximum absolute atomic E-state index is 12.8. The summed E-state index contributed by atoms with van der Waals surface area (Å²) in [7, 11) is 1.44. The molecule has 2 aromatic carbocycles. The molecule has 1 aliphatic rings. The summed E-state index contributed by atoms with van der Waals surface area (Å²) in [6.07, 6.45) is 2.31. The van der Waals surface area contributed by atoms with E-state index in [4.69, 9.17) is 16.3 Å². The minimum absolute atomic E-state index is 0.206. The van der Waals surface area contributed by atoms with Crippen molar-refractivity contribution >= 4 is 28.6 Å². The summed E-state index contributed by atoms with van der Waals surface area (Å²) in [5, 5.41) is 8.89. The SMILES string of the molecule is COC(=O)C(C)(C)C(c1ccc(C)c(CCl)c1)c1ccc2c(nnn2C2CC2)c1C. The Morgan fingerprint density at radius 1 is 1.27 bits per heavy atom. The highest BCUT2D eigenvalue weighted by molar-refractivity contribution is 6.17. The predicted molar refractivity (Wildman–Crippen MR) is 119 cm³/mol. The number of carbonyl (C=O) groups is 1. The summed E-state index contributed by atoms with van der Waals surface area (Å²) < 4.78 is 7.23. The number of nitrogens with zero attached hydrogens (tertiary/aromatic N) is 3. The van der Waals surface area contributed by atoms with E-state index in [-0.39, 0.29) is 11.9 Å². The minimum atomic E-state index is -0.779. The van der Waals surface area contributed by atoms with E-state index in [0.29, 0.717) is 11.9 Å². The van der Waals surface area contributed by atoms with Crippen LogP contribution in [0.5, 0.6) is 0 Å². The smallest absolute Gasteiger partial charge is 0.312 e. The zero-order valence-corrected chi connectivity index (χ0v) is 19.0. The summed E-state index contributed by atoms with van der Waals surface area (Å²) >= 11 is 6.19. The van der Waals surface area contributed by atoms with Gasteiger partial charge < -0.3 is 4.74 Å². The van der Waals surface area contributed by atoms with Crippen LogP contribution in [0.2, 0.25) is 0 Å². The van der Waals surface area contributed by atoms with Crippen molar-refractivity contribution in [3.05, 3.63) is 58.1 Å². The lowest BCUT2D eigenvalue weighted by Gasteiger charge is -2.34. The maximum atomic E-state index is 12.8. The number of carbonyl (C=O) groups excluding carboxylic acids is 1. The van der Waals surface area contributed by atoms with Gasteiger partial charge in [0.1, 0.15) is 5.52 Å². The van der Waals surface area contributed by atoms with Crippen LogP contribution in [0.1, 0.15) is 66.5 Å². The molecular weight excluding hydrogens is 398 g/mol. The first-order valence-corrected chi connectivity index (χ1v) is 10.9. The van der Waals surface area contributed by atoms with Crippen molar-refractivity contribution in [3.8, 4) is 0 Å². The number of hydrogen-bond donors (Lipinski definition) is 0. The molecule has 0 N–H and O–H groups in total. The molecule has 1 atom stereocenters. The number of hydrogen-bond acceptors (Lipinski definition) is 4. The first kappa shape index (κ1) is 20.9. The van der Waals surface area contributed by atoms with Gasteiger partial charge >= 0.3 is 5.97 Å². The first-order chi connectivity index (χ1) is 14.3. The minimum Gasteiger partial charge on any atom is -0.469 e. The lowest BCUT2D eigenvalue weighted by molar-refractivity contribution is -0.151. The number of halogens is 1. The van der Waals surface area contributed by atoms with E-state index in [9.17, 15) is 4.79 Å². The van der Waals surface area contributed by atoms with Gasteiger partial charge in [-0.1, -0.05) is 29.5 Å². The molecule has 0 spiro atoms. The Bertz CT molecular complexity index is 1120. The molecule has 0 amide bonds. The Labute approximate surface area is 182 Å². The second-order valence-corrected chi connectivity index (χ2v) is 9.15. The first-order valence-electron chi connectivity index (χ1n) is 10.4. The monoisotopic (exact) mass is 425 g/mol. The summed E-state index contributed by atoms with van der Waals surface area (Å²) in [5.74, 6) is -0.0247. The Morgan fingerprint density at radius 2 is 2.00 bits per heavy atom. The van der Waals surface area contributed by atoms with Gasteiger partial charge in [-0.3, -0.25) is 4.79 Å². The summed E-state index contributed by atoms with van der Waals surface area (Å²) in [6, 6.07) is 11.0. The van der Waals surface area contributed by atoms with Gasteiger partial charge in [-0.2, -0.15) is 0 Å². The lowest BCUT2D eigenvalue weighted by atomic mass is 9.69. The van der Waals surface area contributed by atoms with Crippen LogP contribution in [0.4, 0.5) is 0 Å². The number of alkyl halides is 1. The normalized spacial score (nSPS) is 15.4. The van der Waals surface area contributed by atoms with Gasteiger partial charge in [-0.25, -0.2) is 4.68 Å². The van der Waals surface area contributed by atoms with Crippen molar-refractivity contribution in [2.24, 2.45) is 5.41 Å². The third kappa shape index (κ3) is 3.39. The van der Waals surface area contributed by atoms with Gasteiger partial charge in [-0.15, -0.1) is 16.7 Å². The summed E-state index contributed by atoms with van der Waals surface area (Å²) in [4.78, 5) is 12.8. The molecule has 5 nitrogen and oxygen atoms in total. The van der Waals surface area contributed by atoms with Crippen LogP contribution in [0.25, 0.3) is 11.0 Å². The molecule has 0 bridgehead atoms. The Kier molecular flexibility index (Phi) is 5.35. The Balaban J connectivity index is 1.92. The number of ether oxygens (including phenoxy) is 1. The van der Waals surface area contributed by atoms with Crippen LogP contribution in [0.3, 0.4) is 0 Å². The molecule has 1 unspecified atom stereocenters. The van der Waals surface area contributed by atoms with Crippen molar-refractivity contribution < 1.29 is 9.53 Å². The quantitative estimate of drug-likeness (QED) is 0.389. The number of esters is 1. The molecule has 158 valence electrons. The second-order valence-electron chi connectivity index (χ2n) is 8.88. The fraction of sp³-hybridized carbons (Fsp3) is 0.458. The van der Waals surface area contributed by atoms with E-state index in [0.717, 1.165) is 51.7 Å². The zero-order valence-electron chi connectivity index (χ0n) is 18.2. The molecule has 1 heterocycles. The molecule has 1 aromatic heterocycles. The highest BCUT2D eigenvalue weighted by atomic mass is 35.5. The molecule has 3 aromatic rings. The average Bonchev–Trinajstić information content (AvgIpc) is 3.48. The Hall–Kier alpha value is -2.40. The van der Waals surface area contributed by atoms with E-state index >= 15 is 0 Å². The van der Waals surface area contributed by atoms with Gasteiger partial charge in [0, 0.05) is 11.8 Å². The molecule has 1 aliphatic carbocycles. The lowest BCUT2D eigenvalue weighted by Crippen LogP contribution is -2.34. The fourth-order valence-electron chi connectivity index (χ4n) is 4.44. The molecule has 1 saturated carbocycles. The number of aryl methyl sites for hydroxylation is 2. The molecule has 1 fully saturated rings. The summed E-state index contributed by atoms with van der Waals surface area (Å²) in [6.45, 7) is 8.00. The fourth-order valence-corrected chi connectivity index (χ4v) is 4.72. The van der Waals surface area contributed by atoms with E-state index in [2.05, 4.69) is 54.5 Å². The highest BCUT2D eigenvalue weighted by Gasteiger charge is 2.41. The number of fused-ring (bicyclic) bond motifs is 1. The van der Waals surface area contributed by atoms with Gasteiger partial charge in [0.25, 0.3) is 0 Å². The van der Waals surface area contributed by atoms with Crippen molar-refractivity contribution in [2.75, 3.05) is 7.11 Å². The van der Waals surface area contributed by atoms with Crippen LogP contribution >= 0.6 is 11.6 Å². The van der Waals surface area contributed by atoms with Gasteiger partial charge in [-0.05, 0) is 74.4 Å². The van der Waals surface area contributed by atoms with E-state index in [1.165, 1.54) is 7.11 Å². The Morgan fingerprint density at radius 3 is 2.63 bits per heavy atom. The predicted octanol–water partition coefficient (Wildman–Crippen LogP) is 5.45. The average molecular weight is 426 g/mol. The largest absolute Gasteiger partial charge is 0.469 e. The maximum Gasteiger partial charge on any atom is 0.312 e. The van der Waals surface area contributed by atoms with Crippen LogP contribution in [0.15, 0.2) is 30.3 Å². The molecule has 6 heteroatoms. The van der Waals surface area contributed by atoms with Crippen LogP contribution in [0, 0.1) is 19.3 Å². The second kappa shape index (κ2) is 7.69. The highest BCUT2D eigenvalue weighted by Crippen LogP contribution is 2.45. The molecule has 0 aliphatic heterocycles. The van der Waals surface area contributed by atoms with Crippen molar-refractivity contribution in [1.29, 1.82) is 0 Å². The third-order valence-corrected chi connectivity index (χ3v) is 6.71. The van der Waals surface area contributed by atoms with Crippen molar-refractivity contribution in [2.45, 2.75) is 58.4 Å². The summed E-state index contributed by atoms with van der Waals surface area (Å²) in [5.41, 5.74) is 6.54. The number of benzene rings is 2.